The predicted molar refractivity (Wildman–Crippen MR) is 120 cm³/mol. The molecule has 0 spiro atoms. The third kappa shape index (κ3) is 5.40. The highest BCUT2D eigenvalue weighted by atomic mass is 32.2. The summed E-state index contributed by atoms with van der Waals surface area (Å²) in [5, 5.41) is 1.97. The van der Waals surface area contributed by atoms with Crippen LogP contribution in [-0.2, 0) is 16.6 Å². The molecule has 0 atom stereocenters. The van der Waals surface area contributed by atoms with E-state index in [9.17, 15) is 13.2 Å². The molecule has 0 aliphatic carbocycles. The zero-order valence-corrected chi connectivity index (χ0v) is 18.5. The molecule has 0 fully saturated rings. The number of anilines is 1. The molecule has 0 unspecified atom stereocenters. The standard InChI is InChI=1S/C22H24N2O4S2/c1-3-24(16-20-8-6-14-29-20)22(25)17-7-5-9-21(15-17)30(26,27)23-18-10-12-19(13-11-18)28-4-2/h5-15,23H,3-4,16H2,1-2H3. The van der Waals surface area contributed by atoms with E-state index in [-0.39, 0.29) is 10.8 Å². The minimum Gasteiger partial charge on any atom is -0.494 e. The molecule has 158 valence electrons. The average molecular weight is 445 g/mol. The largest absolute Gasteiger partial charge is 0.494 e. The van der Waals surface area contributed by atoms with Gasteiger partial charge in [0.1, 0.15) is 5.75 Å². The second kappa shape index (κ2) is 9.77. The van der Waals surface area contributed by atoms with Crippen LogP contribution in [0.5, 0.6) is 5.75 Å². The molecular weight excluding hydrogens is 420 g/mol. The van der Waals surface area contributed by atoms with Gasteiger partial charge >= 0.3 is 0 Å². The summed E-state index contributed by atoms with van der Waals surface area (Å²) in [7, 11) is -3.84. The maximum atomic E-state index is 12.9. The van der Waals surface area contributed by atoms with E-state index in [4.69, 9.17) is 4.74 Å². The fourth-order valence-corrected chi connectivity index (χ4v) is 4.72. The van der Waals surface area contributed by atoms with Gasteiger partial charge in [0.05, 0.1) is 18.0 Å². The van der Waals surface area contributed by atoms with Gasteiger partial charge in [-0.15, -0.1) is 11.3 Å². The van der Waals surface area contributed by atoms with Gasteiger partial charge < -0.3 is 9.64 Å². The molecule has 1 heterocycles. The van der Waals surface area contributed by atoms with Crippen LogP contribution in [0.15, 0.2) is 70.9 Å². The van der Waals surface area contributed by atoms with Crippen molar-refractivity contribution in [1.29, 1.82) is 0 Å². The Hall–Kier alpha value is -2.84. The first-order valence-corrected chi connectivity index (χ1v) is 12.0. The molecule has 2 aromatic carbocycles. The summed E-state index contributed by atoms with van der Waals surface area (Å²) in [5.41, 5.74) is 0.756. The van der Waals surface area contributed by atoms with Crippen molar-refractivity contribution in [1.82, 2.24) is 4.90 Å². The van der Waals surface area contributed by atoms with Crippen LogP contribution in [0, 0.1) is 0 Å². The molecule has 0 saturated carbocycles. The lowest BCUT2D eigenvalue weighted by atomic mass is 10.2. The Morgan fingerprint density at radius 1 is 1.07 bits per heavy atom. The van der Waals surface area contributed by atoms with Gasteiger partial charge in [0.15, 0.2) is 0 Å². The molecule has 0 aliphatic heterocycles. The summed E-state index contributed by atoms with van der Waals surface area (Å²) in [4.78, 5) is 15.7. The lowest BCUT2D eigenvalue weighted by molar-refractivity contribution is 0.0754. The highest BCUT2D eigenvalue weighted by Crippen LogP contribution is 2.21. The number of hydrogen-bond acceptors (Lipinski definition) is 5. The lowest BCUT2D eigenvalue weighted by Crippen LogP contribution is -2.30. The Balaban J connectivity index is 1.78. The van der Waals surface area contributed by atoms with E-state index in [0.29, 0.717) is 36.7 Å². The second-order valence-electron chi connectivity index (χ2n) is 6.49. The van der Waals surface area contributed by atoms with E-state index in [1.54, 1.807) is 52.6 Å². The van der Waals surface area contributed by atoms with Crippen LogP contribution in [0.2, 0.25) is 0 Å². The molecule has 3 rings (SSSR count). The number of thiophene rings is 1. The van der Waals surface area contributed by atoms with Crippen molar-refractivity contribution < 1.29 is 17.9 Å². The first-order chi connectivity index (χ1) is 14.4. The van der Waals surface area contributed by atoms with Gasteiger partial charge in [-0.2, -0.15) is 0 Å². The van der Waals surface area contributed by atoms with Gasteiger partial charge in [0, 0.05) is 22.7 Å². The number of ether oxygens (including phenoxy) is 1. The van der Waals surface area contributed by atoms with Crippen LogP contribution in [0.4, 0.5) is 5.69 Å². The SMILES string of the molecule is CCOc1ccc(NS(=O)(=O)c2cccc(C(=O)N(CC)Cc3cccs3)c2)cc1. The number of benzene rings is 2. The number of sulfonamides is 1. The first-order valence-electron chi connectivity index (χ1n) is 9.60. The number of carbonyl (C=O) groups excluding carboxylic acids is 1. The Labute approximate surface area is 181 Å². The van der Waals surface area contributed by atoms with Crippen LogP contribution >= 0.6 is 11.3 Å². The molecule has 0 radical (unpaired) electrons. The quantitative estimate of drug-likeness (QED) is 0.523. The van der Waals surface area contributed by atoms with Gasteiger partial charge in [-0.25, -0.2) is 8.42 Å². The zero-order valence-electron chi connectivity index (χ0n) is 16.9. The summed E-state index contributed by atoms with van der Waals surface area (Å²) < 4.78 is 33.5. The minimum atomic E-state index is -3.84. The van der Waals surface area contributed by atoms with Gasteiger partial charge in [-0.1, -0.05) is 12.1 Å². The van der Waals surface area contributed by atoms with E-state index in [2.05, 4.69) is 4.72 Å². The summed E-state index contributed by atoms with van der Waals surface area (Å²) in [6.45, 7) is 5.34. The highest BCUT2D eigenvalue weighted by molar-refractivity contribution is 7.92. The Morgan fingerprint density at radius 3 is 2.47 bits per heavy atom. The number of rotatable bonds is 9. The number of carbonyl (C=O) groups is 1. The molecule has 6 nitrogen and oxygen atoms in total. The molecule has 1 amide bonds. The summed E-state index contributed by atoms with van der Waals surface area (Å²) in [6.07, 6.45) is 0. The van der Waals surface area contributed by atoms with Crippen molar-refractivity contribution in [2.45, 2.75) is 25.3 Å². The third-order valence-electron chi connectivity index (χ3n) is 4.40. The Morgan fingerprint density at radius 2 is 1.83 bits per heavy atom. The topological polar surface area (TPSA) is 75.7 Å². The van der Waals surface area contributed by atoms with Crippen LogP contribution in [0.3, 0.4) is 0 Å². The second-order valence-corrected chi connectivity index (χ2v) is 9.20. The molecule has 3 aromatic rings. The lowest BCUT2D eigenvalue weighted by Gasteiger charge is -2.20. The van der Waals surface area contributed by atoms with Crippen molar-refractivity contribution in [3.05, 3.63) is 76.5 Å². The summed E-state index contributed by atoms with van der Waals surface area (Å²) >= 11 is 1.58. The monoisotopic (exact) mass is 444 g/mol. The molecular formula is C22H24N2O4S2. The van der Waals surface area contributed by atoms with Crippen LogP contribution < -0.4 is 9.46 Å². The molecule has 1 N–H and O–H groups in total. The smallest absolute Gasteiger partial charge is 0.261 e. The fraction of sp³-hybridized carbons (Fsp3) is 0.227. The van der Waals surface area contributed by atoms with Crippen molar-refractivity contribution >= 4 is 33.0 Å². The third-order valence-corrected chi connectivity index (χ3v) is 6.64. The summed E-state index contributed by atoms with van der Waals surface area (Å²) in [5.74, 6) is 0.461. The van der Waals surface area contributed by atoms with E-state index in [1.807, 2.05) is 31.4 Å². The number of hydrogen-bond donors (Lipinski definition) is 1. The first kappa shape index (κ1) is 21.9. The van der Waals surface area contributed by atoms with Crippen molar-refractivity contribution in [3.63, 3.8) is 0 Å². The van der Waals surface area contributed by atoms with Gasteiger partial charge in [0.25, 0.3) is 15.9 Å². The number of nitrogens with zero attached hydrogens (tertiary/aromatic N) is 1. The normalized spacial score (nSPS) is 11.1. The molecule has 0 bridgehead atoms. The Bertz CT molecular complexity index is 1080. The minimum absolute atomic E-state index is 0.0365. The van der Waals surface area contributed by atoms with Crippen LogP contribution in [0.25, 0.3) is 0 Å². The molecule has 0 saturated heterocycles. The number of nitrogens with one attached hydrogen (secondary N) is 1. The predicted octanol–water partition coefficient (Wildman–Crippen LogP) is 4.61. The highest BCUT2D eigenvalue weighted by Gasteiger charge is 2.19. The average Bonchev–Trinajstić information content (AvgIpc) is 3.26. The molecule has 30 heavy (non-hydrogen) atoms. The fourth-order valence-electron chi connectivity index (χ4n) is 2.90. The van der Waals surface area contributed by atoms with Crippen molar-refractivity contribution in [2.24, 2.45) is 0 Å². The zero-order chi connectivity index (χ0) is 21.6. The van der Waals surface area contributed by atoms with Gasteiger partial charge in [-0.3, -0.25) is 9.52 Å². The maximum absolute atomic E-state index is 12.9. The maximum Gasteiger partial charge on any atom is 0.261 e. The van der Waals surface area contributed by atoms with Gasteiger partial charge in [0.2, 0.25) is 0 Å². The van der Waals surface area contributed by atoms with E-state index in [0.717, 1.165) is 4.88 Å². The molecule has 8 heteroatoms. The summed E-state index contributed by atoms with van der Waals surface area (Å²) in [6, 6.07) is 16.7. The van der Waals surface area contributed by atoms with E-state index in [1.165, 1.54) is 12.1 Å². The van der Waals surface area contributed by atoms with E-state index >= 15 is 0 Å². The molecule has 0 aliphatic rings. The molecule has 1 aromatic heterocycles. The van der Waals surface area contributed by atoms with Crippen LogP contribution in [0.1, 0.15) is 29.1 Å². The van der Waals surface area contributed by atoms with Crippen molar-refractivity contribution in [2.75, 3.05) is 17.9 Å². The number of amides is 1. The van der Waals surface area contributed by atoms with Crippen molar-refractivity contribution in [3.8, 4) is 5.75 Å². The Kier molecular flexibility index (Phi) is 7.12. The van der Waals surface area contributed by atoms with Crippen LogP contribution in [-0.4, -0.2) is 32.4 Å². The van der Waals surface area contributed by atoms with E-state index < -0.39 is 10.0 Å². The van der Waals surface area contributed by atoms with Gasteiger partial charge in [-0.05, 0) is 67.8 Å².